The van der Waals surface area contributed by atoms with Crippen LogP contribution in [-0.2, 0) is 9.84 Å². The molecule has 138 valence electrons. The van der Waals surface area contributed by atoms with E-state index in [0.717, 1.165) is 0 Å². The van der Waals surface area contributed by atoms with Crippen molar-refractivity contribution in [3.63, 3.8) is 0 Å². The molecule has 1 heterocycles. The number of piperidine rings is 1. The first-order valence-corrected chi connectivity index (χ1v) is 10.3. The number of hydrogen-bond donors (Lipinski definition) is 0. The third kappa shape index (κ3) is 3.86. The lowest BCUT2D eigenvalue weighted by atomic mass is 10.1. The van der Waals surface area contributed by atoms with Gasteiger partial charge in [0.2, 0.25) is 0 Å². The summed E-state index contributed by atoms with van der Waals surface area (Å²) in [6.07, 6.45) is 0.849. The highest BCUT2D eigenvalue weighted by Crippen LogP contribution is 2.26. The SMILES string of the molecule is COc1ccc(S(=O)(=O)C2CCN(C(=O)c3ccc(Cl)cc3)CC2)cc1. The molecule has 1 aliphatic rings. The molecule has 0 unspecified atom stereocenters. The lowest BCUT2D eigenvalue weighted by Gasteiger charge is -2.31. The average molecular weight is 394 g/mol. The van der Waals surface area contributed by atoms with Gasteiger partial charge in [-0.15, -0.1) is 0 Å². The first-order valence-electron chi connectivity index (χ1n) is 8.34. The van der Waals surface area contributed by atoms with Gasteiger partial charge < -0.3 is 9.64 Å². The fourth-order valence-electron chi connectivity index (χ4n) is 3.10. The van der Waals surface area contributed by atoms with Gasteiger partial charge in [-0.25, -0.2) is 8.42 Å². The Morgan fingerprint density at radius 3 is 2.15 bits per heavy atom. The van der Waals surface area contributed by atoms with Crippen molar-refractivity contribution in [2.24, 2.45) is 0 Å². The van der Waals surface area contributed by atoms with Gasteiger partial charge >= 0.3 is 0 Å². The molecule has 0 bridgehead atoms. The minimum Gasteiger partial charge on any atom is -0.497 e. The Morgan fingerprint density at radius 1 is 1.04 bits per heavy atom. The van der Waals surface area contributed by atoms with E-state index in [4.69, 9.17) is 16.3 Å². The summed E-state index contributed by atoms with van der Waals surface area (Å²) in [6, 6.07) is 13.2. The molecular formula is C19H20ClNO4S. The van der Waals surface area contributed by atoms with E-state index >= 15 is 0 Å². The van der Waals surface area contributed by atoms with Crippen molar-refractivity contribution in [3.8, 4) is 5.75 Å². The highest BCUT2D eigenvalue weighted by atomic mass is 35.5. The number of ether oxygens (including phenoxy) is 1. The van der Waals surface area contributed by atoms with Gasteiger partial charge in [0, 0.05) is 23.7 Å². The van der Waals surface area contributed by atoms with E-state index in [1.54, 1.807) is 53.4 Å². The smallest absolute Gasteiger partial charge is 0.253 e. The fraction of sp³-hybridized carbons (Fsp3) is 0.316. The molecule has 0 N–H and O–H groups in total. The number of benzene rings is 2. The Kier molecular flexibility index (Phi) is 5.53. The van der Waals surface area contributed by atoms with Crippen LogP contribution in [0.3, 0.4) is 0 Å². The normalized spacial score (nSPS) is 15.7. The van der Waals surface area contributed by atoms with Crippen molar-refractivity contribution in [3.05, 3.63) is 59.1 Å². The van der Waals surface area contributed by atoms with E-state index in [1.165, 1.54) is 7.11 Å². The highest BCUT2D eigenvalue weighted by molar-refractivity contribution is 7.92. The van der Waals surface area contributed by atoms with Crippen molar-refractivity contribution >= 4 is 27.3 Å². The van der Waals surface area contributed by atoms with Crippen LogP contribution in [0, 0.1) is 0 Å². The molecule has 2 aromatic carbocycles. The van der Waals surface area contributed by atoms with Gasteiger partial charge in [0.05, 0.1) is 17.3 Å². The summed E-state index contributed by atoms with van der Waals surface area (Å²) in [5.41, 5.74) is 0.561. The molecule has 0 spiro atoms. The molecule has 5 nitrogen and oxygen atoms in total. The molecule has 3 rings (SSSR count). The summed E-state index contributed by atoms with van der Waals surface area (Å²) in [7, 11) is -1.88. The zero-order valence-electron chi connectivity index (χ0n) is 14.4. The van der Waals surface area contributed by atoms with Crippen LogP contribution < -0.4 is 4.74 Å². The number of nitrogens with zero attached hydrogens (tertiary/aromatic N) is 1. The summed E-state index contributed by atoms with van der Waals surface area (Å²) in [4.78, 5) is 14.5. The van der Waals surface area contributed by atoms with Crippen LogP contribution in [-0.4, -0.2) is 44.7 Å². The number of methoxy groups -OCH3 is 1. The zero-order valence-corrected chi connectivity index (χ0v) is 16.0. The van der Waals surface area contributed by atoms with Crippen LogP contribution in [0.2, 0.25) is 5.02 Å². The predicted molar refractivity (Wildman–Crippen MR) is 101 cm³/mol. The van der Waals surface area contributed by atoms with Crippen LogP contribution in [0.1, 0.15) is 23.2 Å². The number of halogens is 1. The summed E-state index contributed by atoms with van der Waals surface area (Å²) in [5.74, 6) is 0.522. The third-order valence-electron chi connectivity index (χ3n) is 4.65. The maximum atomic E-state index is 12.8. The van der Waals surface area contributed by atoms with Crippen LogP contribution in [0.5, 0.6) is 5.75 Å². The molecule has 1 amide bonds. The second kappa shape index (κ2) is 7.68. The second-order valence-electron chi connectivity index (χ2n) is 6.22. The number of hydrogen-bond acceptors (Lipinski definition) is 4. The van der Waals surface area contributed by atoms with Crippen LogP contribution >= 0.6 is 11.6 Å². The molecule has 26 heavy (non-hydrogen) atoms. The Hall–Kier alpha value is -2.05. The topological polar surface area (TPSA) is 63.7 Å². The zero-order chi connectivity index (χ0) is 18.7. The van der Waals surface area contributed by atoms with Gasteiger partial charge in [0.25, 0.3) is 5.91 Å². The number of likely N-dealkylation sites (tertiary alicyclic amines) is 1. The second-order valence-corrected chi connectivity index (χ2v) is 8.88. The van der Waals surface area contributed by atoms with Gasteiger partial charge in [-0.3, -0.25) is 4.79 Å². The first-order chi connectivity index (χ1) is 12.4. The monoisotopic (exact) mass is 393 g/mol. The van der Waals surface area contributed by atoms with E-state index in [9.17, 15) is 13.2 Å². The van der Waals surface area contributed by atoms with E-state index in [0.29, 0.717) is 47.2 Å². The number of carbonyl (C=O) groups is 1. The molecule has 1 fully saturated rings. The molecule has 0 radical (unpaired) electrons. The Balaban J connectivity index is 1.67. The number of amides is 1. The van der Waals surface area contributed by atoms with Crippen molar-refractivity contribution < 1.29 is 17.9 Å². The van der Waals surface area contributed by atoms with Crippen LogP contribution in [0.15, 0.2) is 53.4 Å². The van der Waals surface area contributed by atoms with Crippen molar-refractivity contribution in [1.82, 2.24) is 4.90 Å². The Bertz CT molecular complexity index is 871. The first kappa shape index (κ1) is 18.7. The van der Waals surface area contributed by atoms with E-state index in [2.05, 4.69) is 0 Å². The lowest BCUT2D eigenvalue weighted by molar-refractivity contribution is 0.0725. The largest absolute Gasteiger partial charge is 0.497 e. The third-order valence-corrected chi connectivity index (χ3v) is 7.18. The average Bonchev–Trinajstić information content (AvgIpc) is 2.68. The summed E-state index contributed by atoms with van der Waals surface area (Å²) >= 11 is 5.85. The Labute approximate surface area is 158 Å². The van der Waals surface area contributed by atoms with Crippen LogP contribution in [0.4, 0.5) is 0 Å². The van der Waals surface area contributed by atoms with Crippen molar-refractivity contribution in [2.75, 3.05) is 20.2 Å². The van der Waals surface area contributed by atoms with Gasteiger partial charge in [0.15, 0.2) is 9.84 Å². The molecule has 2 aromatic rings. The van der Waals surface area contributed by atoms with Crippen molar-refractivity contribution in [2.45, 2.75) is 23.0 Å². The molecule has 0 atom stereocenters. The lowest BCUT2D eigenvalue weighted by Crippen LogP contribution is -2.42. The predicted octanol–water partition coefficient (Wildman–Crippen LogP) is 3.43. The summed E-state index contributed by atoms with van der Waals surface area (Å²) in [6.45, 7) is 0.836. The summed E-state index contributed by atoms with van der Waals surface area (Å²) < 4.78 is 30.7. The maximum absolute atomic E-state index is 12.8. The molecular weight excluding hydrogens is 374 g/mol. The highest BCUT2D eigenvalue weighted by Gasteiger charge is 2.32. The number of sulfone groups is 1. The molecule has 7 heteroatoms. The van der Waals surface area contributed by atoms with E-state index in [-0.39, 0.29) is 5.91 Å². The quantitative estimate of drug-likeness (QED) is 0.798. The molecule has 0 aromatic heterocycles. The van der Waals surface area contributed by atoms with E-state index in [1.807, 2.05) is 0 Å². The van der Waals surface area contributed by atoms with Crippen LogP contribution in [0.25, 0.3) is 0 Å². The van der Waals surface area contributed by atoms with Gasteiger partial charge in [-0.1, -0.05) is 11.6 Å². The van der Waals surface area contributed by atoms with Gasteiger partial charge in [0.1, 0.15) is 5.75 Å². The molecule has 1 saturated heterocycles. The van der Waals surface area contributed by atoms with E-state index < -0.39 is 15.1 Å². The Morgan fingerprint density at radius 2 is 1.62 bits per heavy atom. The van der Waals surface area contributed by atoms with Gasteiger partial charge in [-0.2, -0.15) is 0 Å². The fourth-order valence-corrected chi connectivity index (χ4v) is 4.96. The van der Waals surface area contributed by atoms with Gasteiger partial charge in [-0.05, 0) is 61.4 Å². The molecule has 1 aliphatic heterocycles. The molecule has 0 saturated carbocycles. The maximum Gasteiger partial charge on any atom is 0.253 e. The standard InChI is InChI=1S/C19H20ClNO4S/c1-25-16-6-8-17(9-7-16)26(23,24)18-10-12-21(13-11-18)19(22)14-2-4-15(20)5-3-14/h2-9,18H,10-13H2,1H3. The number of carbonyl (C=O) groups excluding carboxylic acids is 1. The number of rotatable bonds is 4. The summed E-state index contributed by atoms with van der Waals surface area (Å²) in [5, 5.41) is 0.0935. The van der Waals surface area contributed by atoms with Crippen molar-refractivity contribution in [1.29, 1.82) is 0 Å². The minimum atomic E-state index is -3.42. The molecule has 0 aliphatic carbocycles. The minimum absolute atomic E-state index is 0.0954.